The number of hydrogen-bond acceptors (Lipinski definition) is 4. The van der Waals surface area contributed by atoms with E-state index in [0.29, 0.717) is 6.04 Å². The van der Waals surface area contributed by atoms with E-state index < -0.39 is 0 Å². The number of nitrogens with two attached hydrogens (primary N) is 1. The zero-order valence-corrected chi connectivity index (χ0v) is 10.5. The van der Waals surface area contributed by atoms with Crippen molar-refractivity contribution in [2.24, 2.45) is 5.73 Å². The van der Waals surface area contributed by atoms with Crippen molar-refractivity contribution in [3.63, 3.8) is 0 Å². The molecule has 0 atom stereocenters. The molecule has 1 rings (SSSR count). The van der Waals surface area contributed by atoms with Gasteiger partial charge in [0.15, 0.2) is 0 Å². The Hall–Kier alpha value is -0.450. The molecule has 0 aromatic rings. The molecule has 0 saturated carbocycles. The number of ether oxygens (including phenoxy) is 1. The monoisotopic (exact) mass is 218 g/mol. The summed E-state index contributed by atoms with van der Waals surface area (Å²) in [5.74, 6) is 0. The quantitative estimate of drug-likeness (QED) is 0.635. The second kappa shape index (κ2) is 10.1. The molecule has 1 aliphatic heterocycles. The SMILES string of the molecule is C=O.COC(C)(C)C.NC1CCNCC1. The molecule has 15 heavy (non-hydrogen) atoms. The fraction of sp³-hybridized carbons (Fsp3) is 0.909. The van der Waals surface area contributed by atoms with Gasteiger partial charge in [0.05, 0.1) is 5.60 Å². The Bertz CT molecular complexity index is 129. The first-order valence-corrected chi connectivity index (χ1v) is 5.26. The summed E-state index contributed by atoms with van der Waals surface area (Å²) in [6, 6.07) is 0.473. The number of rotatable bonds is 0. The molecule has 0 unspecified atom stereocenters. The molecule has 4 heteroatoms. The van der Waals surface area contributed by atoms with Crippen LogP contribution in [0.25, 0.3) is 0 Å². The summed E-state index contributed by atoms with van der Waals surface area (Å²) in [5, 5.41) is 3.24. The number of piperidine rings is 1. The maximum atomic E-state index is 8.00. The average Bonchev–Trinajstić information content (AvgIpc) is 2.22. The van der Waals surface area contributed by atoms with Crippen LogP contribution in [0.4, 0.5) is 0 Å². The Morgan fingerprint density at radius 3 is 1.73 bits per heavy atom. The van der Waals surface area contributed by atoms with E-state index in [1.165, 1.54) is 0 Å². The average molecular weight is 218 g/mol. The van der Waals surface area contributed by atoms with Gasteiger partial charge in [-0.1, -0.05) is 0 Å². The van der Waals surface area contributed by atoms with Crippen molar-refractivity contribution in [3.8, 4) is 0 Å². The first-order chi connectivity index (χ1) is 6.95. The minimum absolute atomic E-state index is 0.0417. The van der Waals surface area contributed by atoms with Crippen LogP contribution < -0.4 is 11.1 Å². The zero-order chi connectivity index (χ0) is 12.3. The van der Waals surface area contributed by atoms with Gasteiger partial charge in [0.1, 0.15) is 6.79 Å². The van der Waals surface area contributed by atoms with Crippen LogP contribution in [0.5, 0.6) is 0 Å². The van der Waals surface area contributed by atoms with Crippen molar-refractivity contribution in [1.82, 2.24) is 5.32 Å². The van der Waals surface area contributed by atoms with E-state index >= 15 is 0 Å². The number of methoxy groups -OCH3 is 1. The predicted octanol–water partition coefficient (Wildman–Crippen LogP) is 0.944. The molecule has 1 saturated heterocycles. The Balaban J connectivity index is 0. The largest absolute Gasteiger partial charge is 0.379 e. The van der Waals surface area contributed by atoms with E-state index in [1.807, 2.05) is 27.6 Å². The van der Waals surface area contributed by atoms with Gasteiger partial charge in [0.2, 0.25) is 0 Å². The lowest BCUT2D eigenvalue weighted by atomic mass is 10.1. The molecule has 92 valence electrons. The van der Waals surface area contributed by atoms with Gasteiger partial charge in [-0.3, -0.25) is 0 Å². The van der Waals surface area contributed by atoms with Crippen LogP contribution in [0.2, 0.25) is 0 Å². The summed E-state index contributed by atoms with van der Waals surface area (Å²) >= 11 is 0. The van der Waals surface area contributed by atoms with Crippen LogP contribution in [0.15, 0.2) is 0 Å². The summed E-state index contributed by atoms with van der Waals surface area (Å²) in [6.45, 7) is 10.3. The molecule has 0 bridgehead atoms. The highest BCUT2D eigenvalue weighted by molar-refractivity contribution is 5.10. The lowest BCUT2D eigenvalue weighted by molar-refractivity contribution is -0.0979. The second-order valence-corrected chi connectivity index (χ2v) is 4.40. The first kappa shape index (κ1) is 17.0. The molecule has 0 radical (unpaired) electrons. The fourth-order valence-corrected chi connectivity index (χ4v) is 0.844. The molecule has 3 N–H and O–H groups in total. The third kappa shape index (κ3) is 16.2. The third-order valence-electron chi connectivity index (χ3n) is 2.00. The molecule has 0 aromatic heterocycles. The topological polar surface area (TPSA) is 64.3 Å². The van der Waals surface area contributed by atoms with Gasteiger partial charge in [0.25, 0.3) is 0 Å². The van der Waals surface area contributed by atoms with Crippen molar-refractivity contribution in [2.75, 3.05) is 20.2 Å². The van der Waals surface area contributed by atoms with E-state index in [0.717, 1.165) is 25.9 Å². The normalized spacial score (nSPS) is 16.9. The van der Waals surface area contributed by atoms with Crippen LogP contribution in [0, 0.1) is 0 Å². The standard InChI is InChI=1S/C5H12N2.C5H12O.CH2O/c6-5-1-3-7-4-2-5;1-5(2,3)6-4;1-2/h5,7H,1-4,6H2;1-4H3;1H2. The Kier molecular flexibility index (Phi) is 11.4. The van der Waals surface area contributed by atoms with Crippen LogP contribution in [0.1, 0.15) is 33.6 Å². The minimum atomic E-state index is 0.0417. The van der Waals surface area contributed by atoms with Crippen molar-refractivity contribution in [2.45, 2.75) is 45.3 Å². The molecule has 1 aliphatic rings. The van der Waals surface area contributed by atoms with E-state index in [9.17, 15) is 0 Å². The highest BCUT2D eigenvalue weighted by Gasteiger charge is 2.05. The molecule has 0 aromatic carbocycles. The van der Waals surface area contributed by atoms with Crippen LogP contribution in [-0.2, 0) is 9.53 Å². The van der Waals surface area contributed by atoms with Gasteiger partial charge in [-0.2, -0.15) is 0 Å². The van der Waals surface area contributed by atoms with Gasteiger partial charge >= 0.3 is 0 Å². The lowest BCUT2D eigenvalue weighted by Gasteiger charge is -2.17. The van der Waals surface area contributed by atoms with Crippen molar-refractivity contribution < 1.29 is 9.53 Å². The van der Waals surface area contributed by atoms with Gasteiger partial charge in [-0.25, -0.2) is 0 Å². The molecule has 1 heterocycles. The minimum Gasteiger partial charge on any atom is -0.379 e. The van der Waals surface area contributed by atoms with Crippen molar-refractivity contribution in [1.29, 1.82) is 0 Å². The maximum absolute atomic E-state index is 8.00. The van der Waals surface area contributed by atoms with Crippen molar-refractivity contribution >= 4 is 6.79 Å². The van der Waals surface area contributed by atoms with Gasteiger partial charge in [-0.15, -0.1) is 0 Å². The van der Waals surface area contributed by atoms with E-state index in [2.05, 4.69) is 5.32 Å². The summed E-state index contributed by atoms with van der Waals surface area (Å²) in [4.78, 5) is 8.00. The first-order valence-electron chi connectivity index (χ1n) is 5.26. The third-order valence-corrected chi connectivity index (χ3v) is 2.00. The Morgan fingerprint density at radius 2 is 1.60 bits per heavy atom. The zero-order valence-electron chi connectivity index (χ0n) is 10.5. The van der Waals surface area contributed by atoms with Crippen LogP contribution in [0.3, 0.4) is 0 Å². The molecular weight excluding hydrogens is 192 g/mol. The highest BCUT2D eigenvalue weighted by Crippen LogP contribution is 2.02. The highest BCUT2D eigenvalue weighted by atomic mass is 16.5. The number of carbonyl (C=O) groups is 1. The Labute approximate surface area is 93.6 Å². The van der Waals surface area contributed by atoms with E-state index in [4.69, 9.17) is 15.3 Å². The van der Waals surface area contributed by atoms with Crippen LogP contribution in [-0.4, -0.2) is 38.6 Å². The van der Waals surface area contributed by atoms with Gasteiger partial charge in [0, 0.05) is 13.2 Å². The summed E-state index contributed by atoms with van der Waals surface area (Å²) in [5.41, 5.74) is 5.64. The molecule has 0 amide bonds. The Morgan fingerprint density at radius 1 is 1.27 bits per heavy atom. The second-order valence-electron chi connectivity index (χ2n) is 4.40. The molecule has 4 nitrogen and oxygen atoms in total. The predicted molar refractivity (Wildman–Crippen MR) is 64.0 cm³/mol. The van der Waals surface area contributed by atoms with E-state index in [1.54, 1.807) is 7.11 Å². The van der Waals surface area contributed by atoms with E-state index in [-0.39, 0.29) is 5.60 Å². The number of carbonyl (C=O) groups excluding carboxylic acids is 1. The maximum Gasteiger partial charge on any atom is 0.106 e. The summed E-state index contributed by atoms with van der Waals surface area (Å²) < 4.78 is 4.94. The molecule has 0 aliphatic carbocycles. The van der Waals surface area contributed by atoms with Crippen molar-refractivity contribution in [3.05, 3.63) is 0 Å². The lowest BCUT2D eigenvalue weighted by Crippen LogP contribution is -2.35. The molecular formula is C11H26N2O2. The molecule has 0 spiro atoms. The van der Waals surface area contributed by atoms with Gasteiger partial charge < -0.3 is 20.6 Å². The number of hydrogen-bond donors (Lipinski definition) is 2. The van der Waals surface area contributed by atoms with Gasteiger partial charge in [-0.05, 0) is 46.7 Å². The smallest absolute Gasteiger partial charge is 0.106 e. The fourth-order valence-electron chi connectivity index (χ4n) is 0.844. The summed E-state index contributed by atoms with van der Waals surface area (Å²) in [7, 11) is 1.71. The molecule has 1 fully saturated rings. The summed E-state index contributed by atoms with van der Waals surface area (Å²) in [6.07, 6.45) is 2.31. The number of nitrogens with one attached hydrogen (secondary N) is 1. The van der Waals surface area contributed by atoms with Crippen LogP contribution >= 0.6 is 0 Å².